The number of benzene rings is 1. The van der Waals surface area contributed by atoms with Crippen LogP contribution in [-0.2, 0) is 14.8 Å². The monoisotopic (exact) mass is 271 g/mol. The molecule has 18 heavy (non-hydrogen) atoms. The quantitative estimate of drug-likeness (QED) is 0.736. The molecule has 0 heterocycles. The van der Waals surface area contributed by atoms with Gasteiger partial charge in [-0.2, -0.15) is 0 Å². The largest absolute Gasteiger partial charge is 0.380 e. The molecule has 0 spiro atoms. The molecule has 0 saturated carbocycles. The SMILES string of the molecule is CC(C)CCOCCNS(=O)(=O)c1ccccc1. The van der Waals surface area contributed by atoms with E-state index in [4.69, 9.17) is 4.74 Å². The molecule has 0 bridgehead atoms. The van der Waals surface area contributed by atoms with Gasteiger partial charge in [0.25, 0.3) is 0 Å². The van der Waals surface area contributed by atoms with Crippen molar-refractivity contribution in [3.63, 3.8) is 0 Å². The lowest BCUT2D eigenvalue weighted by atomic mass is 10.1. The van der Waals surface area contributed by atoms with E-state index in [1.165, 1.54) is 0 Å². The first-order valence-corrected chi connectivity index (χ1v) is 7.63. The highest BCUT2D eigenvalue weighted by Crippen LogP contribution is 2.06. The van der Waals surface area contributed by atoms with E-state index in [1.807, 2.05) is 0 Å². The molecule has 0 amide bonds. The fraction of sp³-hybridized carbons (Fsp3) is 0.538. The lowest BCUT2D eigenvalue weighted by Gasteiger charge is -2.08. The van der Waals surface area contributed by atoms with Crippen LogP contribution in [0.5, 0.6) is 0 Å². The van der Waals surface area contributed by atoms with E-state index in [-0.39, 0.29) is 4.90 Å². The molecular formula is C13H21NO3S. The van der Waals surface area contributed by atoms with Crippen molar-refractivity contribution < 1.29 is 13.2 Å². The third kappa shape index (κ3) is 5.62. The summed E-state index contributed by atoms with van der Waals surface area (Å²) in [6.45, 7) is 5.63. The summed E-state index contributed by atoms with van der Waals surface area (Å²) in [7, 11) is -3.39. The topological polar surface area (TPSA) is 55.4 Å². The van der Waals surface area contributed by atoms with Crippen molar-refractivity contribution in [2.24, 2.45) is 5.92 Å². The molecule has 1 N–H and O–H groups in total. The van der Waals surface area contributed by atoms with Crippen LogP contribution >= 0.6 is 0 Å². The van der Waals surface area contributed by atoms with E-state index < -0.39 is 10.0 Å². The van der Waals surface area contributed by atoms with Crippen molar-refractivity contribution >= 4 is 10.0 Å². The summed E-state index contributed by atoms with van der Waals surface area (Å²) >= 11 is 0. The van der Waals surface area contributed by atoms with Crippen molar-refractivity contribution in [2.75, 3.05) is 19.8 Å². The minimum absolute atomic E-state index is 0.284. The Balaban J connectivity index is 2.27. The van der Waals surface area contributed by atoms with Crippen LogP contribution in [0.4, 0.5) is 0 Å². The molecule has 0 radical (unpaired) electrons. The minimum Gasteiger partial charge on any atom is -0.380 e. The molecule has 0 atom stereocenters. The van der Waals surface area contributed by atoms with Crippen LogP contribution in [0.25, 0.3) is 0 Å². The second-order valence-electron chi connectivity index (χ2n) is 4.51. The third-order valence-electron chi connectivity index (χ3n) is 2.43. The van der Waals surface area contributed by atoms with Gasteiger partial charge in [-0.3, -0.25) is 0 Å². The molecule has 0 aliphatic heterocycles. The van der Waals surface area contributed by atoms with Gasteiger partial charge in [0.05, 0.1) is 11.5 Å². The summed E-state index contributed by atoms with van der Waals surface area (Å²) in [6, 6.07) is 8.33. The lowest BCUT2D eigenvalue weighted by molar-refractivity contribution is 0.128. The van der Waals surface area contributed by atoms with Crippen molar-refractivity contribution in [3.8, 4) is 0 Å². The predicted octanol–water partition coefficient (Wildman–Crippen LogP) is 2.03. The fourth-order valence-corrected chi connectivity index (χ4v) is 2.39. The average Bonchev–Trinajstić information content (AvgIpc) is 2.34. The van der Waals surface area contributed by atoms with Gasteiger partial charge in [-0.1, -0.05) is 32.0 Å². The predicted molar refractivity (Wildman–Crippen MR) is 71.9 cm³/mol. The second-order valence-corrected chi connectivity index (χ2v) is 6.27. The Hall–Kier alpha value is -0.910. The molecule has 0 aliphatic rings. The van der Waals surface area contributed by atoms with Gasteiger partial charge in [-0.15, -0.1) is 0 Å². The number of hydrogen-bond acceptors (Lipinski definition) is 3. The van der Waals surface area contributed by atoms with Gasteiger partial charge in [0.15, 0.2) is 0 Å². The highest BCUT2D eigenvalue weighted by atomic mass is 32.2. The van der Waals surface area contributed by atoms with E-state index in [9.17, 15) is 8.42 Å². The highest BCUT2D eigenvalue weighted by molar-refractivity contribution is 7.89. The molecule has 0 aromatic heterocycles. The minimum atomic E-state index is -3.39. The van der Waals surface area contributed by atoms with E-state index in [0.29, 0.717) is 25.7 Å². The van der Waals surface area contributed by atoms with E-state index in [1.54, 1.807) is 30.3 Å². The zero-order valence-electron chi connectivity index (χ0n) is 10.9. The van der Waals surface area contributed by atoms with Crippen molar-refractivity contribution in [2.45, 2.75) is 25.2 Å². The van der Waals surface area contributed by atoms with Crippen LogP contribution in [0, 0.1) is 5.92 Å². The molecule has 0 fully saturated rings. The van der Waals surface area contributed by atoms with Crippen LogP contribution < -0.4 is 4.72 Å². The van der Waals surface area contributed by atoms with Gasteiger partial charge in [0.2, 0.25) is 10.0 Å². The maximum atomic E-state index is 11.8. The molecule has 5 heteroatoms. The molecule has 1 aromatic carbocycles. The van der Waals surface area contributed by atoms with E-state index in [0.717, 1.165) is 6.42 Å². The van der Waals surface area contributed by atoms with Gasteiger partial charge >= 0.3 is 0 Å². The standard InChI is InChI=1S/C13H21NO3S/c1-12(2)8-10-17-11-9-14-18(15,16)13-6-4-3-5-7-13/h3-7,12,14H,8-11H2,1-2H3. The summed E-state index contributed by atoms with van der Waals surface area (Å²) in [4.78, 5) is 0.284. The molecule has 0 saturated heterocycles. The number of nitrogens with one attached hydrogen (secondary N) is 1. The first-order valence-electron chi connectivity index (χ1n) is 6.15. The van der Waals surface area contributed by atoms with Crippen LogP contribution in [0.1, 0.15) is 20.3 Å². The zero-order chi connectivity index (χ0) is 13.4. The van der Waals surface area contributed by atoms with Gasteiger partial charge in [-0.25, -0.2) is 13.1 Å². The Morgan fingerprint density at radius 1 is 1.17 bits per heavy atom. The van der Waals surface area contributed by atoms with E-state index in [2.05, 4.69) is 18.6 Å². The van der Waals surface area contributed by atoms with Crippen molar-refractivity contribution in [1.29, 1.82) is 0 Å². The molecule has 1 rings (SSSR count). The molecular weight excluding hydrogens is 250 g/mol. The van der Waals surface area contributed by atoms with Gasteiger partial charge in [0.1, 0.15) is 0 Å². The maximum Gasteiger partial charge on any atom is 0.240 e. The Morgan fingerprint density at radius 2 is 1.83 bits per heavy atom. The van der Waals surface area contributed by atoms with Crippen LogP contribution in [0.3, 0.4) is 0 Å². The first kappa shape index (κ1) is 15.1. The summed E-state index contributed by atoms with van der Waals surface area (Å²) in [5.74, 6) is 0.603. The third-order valence-corrected chi connectivity index (χ3v) is 3.91. The van der Waals surface area contributed by atoms with Crippen LogP contribution in [-0.4, -0.2) is 28.2 Å². The molecule has 0 aliphatic carbocycles. The Labute approximate surface area is 109 Å². The molecule has 102 valence electrons. The van der Waals surface area contributed by atoms with Gasteiger partial charge in [-0.05, 0) is 24.5 Å². The normalized spacial score (nSPS) is 11.9. The fourth-order valence-electron chi connectivity index (χ4n) is 1.35. The molecule has 0 unspecified atom stereocenters. The molecule has 1 aromatic rings. The zero-order valence-corrected chi connectivity index (χ0v) is 11.7. The second kappa shape index (κ2) is 7.51. The highest BCUT2D eigenvalue weighted by Gasteiger charge is 2.11. The number of rotatable bonds is 8. The number of ether oxygens (including phenoxy) is 1. The maximum absolute atomic E-state index is 11.8. The Morgan fingerprint density at radius 3 is 2.44 bits per heavy atom. The summed E-state index contributed by atoms with van der Waals surface area (Å²) in [6.07, 6.45) is 0.992. The van der Waals surface area contributed by atoms with E-state index >= 15 is 0 Å². The summed E-state index contributed by atoms with van der Waals surface area (Å²) in [5.41, 5.74) is 0. The smallest absolute Gasteiger partial charge is 0.240 e. The van der Waals surface area contributed by atoms with Crippen molar-refractivity contribution in [1.82, 2.24) is 4.72 Å². The first-order chi connectivity index (χ1) is 8.52. The van der Waals surface area contributed by atoms with Gasteiger partial charge < -0.3 is 4.74 Å². The number of hydrogen-bond donors (Lipinski definition) is 1. The van der Waals surface area contributed by atoms with Crippen LogP contribution in [0.15, 0.2) is 35.2 Å². The lowest BCUT2D eigenvalue weighted by Crippen LogP contribution is -2.27. The Kier molecular flexibility index (Phi) is 6.32. The Bertz CT molecular complexity index is 429. The summed E-state index contributed by atoms with van der Waals surface area (Å²) in [5, 5.41) is 0. The van der Waals surface area contributed by atoms with Crippen molar-refractivity contribution in [3.05, 3.63) is 30.3 Å². The summed E-state index contributed by atoms with van der Waals surface area (Å²) < 4.78 is 31.5. The van der Waals surface area contributed by atoms with Gasteiger partial charge in [0, 0.05) is 13.2 Å². The average molecular weight is 271 g/mol. The molecule has 4 nitrogen and oxygen atoms in total. The number of sulfonamides is 1. The van der Waals surface area contributed by atoms with Crippen LogP contribution in [0.2, 0.25) is 0 Å².